The number of primary amides is 1. The molecule has 10 heteroatoms. The minimum absolute atomic E-state index is 0.00942. The monoisotopic (exact) mass is 466 g/mol. The highest BCUT2D eigenvalue weighted by Crippen LogP contribution is 2.43. The average molecular weight is 467 g/mol. The van der Waals surface area contributed by atoms with Crippen LogP contribution in [0.4, 0.5) is 5.69 Å². The molecule has 1 heterocycles. The van der Waals surface area contributed by atoms with E-state index in [1.165, 1.54) is 18.2 Å². The van der Waals surface area contributed by atoms with Gasteiger partial charge in [0.1, 0.15) is 11.5 Å². The molecule has 0 radical (unpaired) electrons. The van der Waals surface area contributed by atoms with Gasteiger partial charge in [0.05, 0.1) is 47.9 Å². The number of halogens is 1. The molecule has 1 atom stereocenters. The van der Waals surface area contributed by atoms with Gasteiger partial charge in [-0.15, -0.1) is 0 Å². The fourth-order valence-corrected chi connectivity index (χ4v) is 3.83. The molecular formula is C23H19ClN4O5. The van der Waals surface area contributed by atoms with Crippen LogP contribution in [0.25, 0.3) is 0 Å². The molecule has 0 bridgehead atoms. The summed E-state index contributed by atoms with van der Waals surface area (Å²) < 4.78 is 9.90. The van der Waals surface area contributed by atoms with Gasteiger partial charge >= 0.3 is 11.9 Å². The number of esters is 2. The Bertz CT molecular complexity index is 1250. The molecule has 33 heavy (non-hydrogen) atoms. The second-order valence-electron chi connectivity index (χ2n) is 6.86. The maximum Gasteiger partial charge on any atom is 0.355 e. The van der Waals surface area contributed by atoms with Crippen molar-refractivity contribution in [2.75, 3.05) is 19.1 Å². The third kappa shape index (κ3) is 4.12. The first-order valence-corrected chi connectivity index (χ1v) is 9.89. The third-order valence-electron chi connectivity index (χ3n) is 5.08. The van der Waals surface area contributed by atoms with E-state index in [1.54, 1.807) is 30.3 Å². The zero-order chi connectivity index (χ0) is 24.3. The zero-order valence-corrected chi connectivity index (χ0v) is 18.4. The lowest BCUT2D eigenvalue weighted by Gasteiger charge is -2.36. The van der Waals surface area contributed by atoms with Gasteiger partial charge in [0.2, 0.25) is 5.91 Å². The molecule has 0 aromatic heterocycles. The van der Waals surface area contributed by atoms with Gasteiger partial charge in [-0.25, -0.2) is 9.59 Å². The number of amides is 1. The highest BCUT2D eigenvalue weighted by Gasteiger charge is 2.43. The summed E-state index contributed by atoms with van der Waals surface area (Å²) in [5.41, 5.74) is 12.0. The lowest BCUT2D eigenvalue weighted by atomic mass is 9.81. The van der Waals surface area contributed by atoms with E-state index in [2.05, 4.69) is 0 Å². The third-order valence-corrected chi connectivity index (χ3v) is 5.41. The molecule has 0 saturated heterocycles. The fraction of sp³-hybridized carbons (Fsp3) is 0.130. The number of anilines is 1. The SMILES string of the molecule is COC(=O)C1=C(C(=O)OC)N(c2ccc(Cl)c(C(N)=O)c2)C(N)=C(C#N)C1c1ccccc1. The first-order valence-electron chi connectivity index (χ1n) is 9.51. The van der Waals surface area contributed by atoms with Crippen LogP contribution in [0.15, 0.2) is 71.2 Å². The second-order valence-corrected chi connectivity index (χ2v) is 7.27. The summed E-state index contributed by atoms with van der Waals surface area (Å²) in [7, 11) is 2.29. The number of methoxy groups -OCH3 is 2. The van der Waals surface area contributed by atoms with Crippen LogP contribution < -0.4 is 16.4 Å². The lowest BCUT2D eigenvalue weighted by molar-refractivity contribution is -0.139. The quantitative estimate of drug-likeness (QED) is 0.637. The first kappa shape index (κ1) is 23.4. The van der Waals surface area contributed by atoms with Crippen LogP contribution in [0.5, 0.6) is 0 Å². The molecule has 3 rings (SSSR count). The van der Waals surface area contributed by atoms with E-state index in [9.17, 15) is 19.6 Å². The number of carbonyl (C=O) groups excluding carboxylic acids is 3. The number of allylic oxidation sites excluding steroid dienone is 1. The molecular weight excluding hydrogens is 448 g/mol. The standard InChI is InChI=1S/C23H19ClN4O5/c1-32-22(30)18-17(12-6-4-3-5-7-12)15(11-25)20(26)28(19(18)23(31)33-2)13-8-9-16(24)14(10-13)21(27)29/h3-10,17H,26H2,1-2H3,(H2,27,29). The normalized spacial score (nSPS) is 15.7. The van der Waals surface area contributed by atoms with E-state index in [0.717, 1.165) is 19.1 Å². The number of benzene rings is 2. The molecule has 4 N–H and O–H groups in total. The van der Waals surface area contributed by atoms with Crippen LogP contribution in [0.1, 0.15) is 21.8 Å². The van der Waals surface area contributed by atoms with Crippen molar-refractivity contribution < 1.29 is 23.9 Å². The number of hydrogen-bond donors (Lipinski definition) is 2. The highest BCUT2D eigenvalue weighted by molar-refractivity contribution is 6.34. The summed E-state index contributed by atoms with van der Waals surface area (Å²) in [6, 6.07) is 14.8. The topological polar surface area (TPSA) is 149 Å². The maximum absolute atomic E-state index is 13.0. The Morgan fingerprint density at radius 1 is 1.06 bits per heavy atom. The number of nitriles is 1. The van der Waals surface area contributed by atoms with E-state index < -0.39 is 23.8 Å². The molecule has 0 saturated carbocycles. The van der Waals surface area contributed by atoms with Crippen LogP contribution in [-0.4, -0.2) is 32.1 Å². The van der Waals surface area contributed by atoms with Gasteiger partial charge in [0.25, 0.3) is 0 Å². The number of nitrogens with zero attached hydrogens (tertiary/aromatic N) is 2. The minimum Gasteiger partial charge on any atom is -0.466 e. The van der Waals surface area contributed by atoms with E-state index in [1.807, 2.05) is 6.07 Å². The summed E-state index contributed by atoms with van der Waals surface area (Å²) >= 11 is 6.06. The largest absolute Gasteiger partial charge is 0.466 e. The lowest BCUT2D eigenvalue weighted by Crippen LogP contribution is -2.40. The molecule has 9 nitrogen and oxygen atoms in total. The van der Waals surface area contributed by atoms with Crippen LogP contribution in [0.2, 0.25) is 5.02 Å². The Morgan fingerprint density at radius 2 is 1.70 bits per heavy atom. The van der Waals surface area contributed by atoms with Gasteiger partial charge in [0, 0.05) is 5.69 Å². The smallest absolute Gasteiger partial charge is 0.355 e. The Labute approximate surface area is 194 Å². The van der Waals surface area contributed by atoms with Gasteiger partial charge in [0.15, 0.2) is 0 Å². The van der Waals surface area contributed by atoms with Crippen LogP contribution in [0, 0.1) is 11.3 Å². The molecule has 1 aliphatic heterocycles. The second kappa shape index (κ2) is 9.46. The fourth-order valence-electron chi connectivity index (χ4n) is 3.62. The number of hydrogen-bond acceptors (Lipinski definition) is 8. The molecule has 1 unspecified atom stereocenters. The Kier molecular flexibility index (Phi) is 6.70. The summed E-state index contributed by atoms with van der Waals surface area (Å²) in [5, 5.41) is 10.1. The highest BCUT2D eigenvalue weighted by atomic mass is 35.5. The molecule has 0 aliphatic carbocycles. The van der Waals surface area contributed by atoms with E-state index in [0.29, 0.717) is 5.56 Å². The van der Waals surface area contributed by atoms with Crippen molar-refractivity contribution >= 4 is 35.1 Å². The van der Waals surface area contributed by atoms with Gasteiger partial charge < -0.3 is 20.9 Å². The number of nitrogens with two attached hydrogens (primary N) is 2. The number of carbonyl (C=O) groups is 3. The molecule has 0 fully saturated rings. The molecule has 2 aromatic rings. The summed E-state index contributed by atoms with van der Waals surface area (Å²) in [6.07, 6.45) is 0. The zero-order valence-electron chi connectivity index (χ0n) is 17.7. The van der Waals surface area contributed by atoms with Crippen LogP contribution >= 0.6 is 11.6 Å². The van der Waals surface area contributed by atoms with Gasteiger partial charge in [-0.2, -0.15) is 5.26 Å². The molecule has 168 valence electrons. The first-order chi connectivity index (χ1) is 15.8. The molecule has 1 aliphatic rings. The Morgan fingerprint density at radius 3 is 2.24 bits per heavy atom. The molecule has 0 spiro atoms. The summed E-state index contributed by atoms with van der Waals surface area (Å²) in [4.78, 5) is 38.9. The molecule has 2 aromatic carbocycles. The number of rotatable bonds is 5. The average Bonchev–Trinajstić information content (AvgIpc) is 2.83. The minimum atomic E-state index is -1.00. The van der Waals surface area contributed by atoms with E-state index in [4.69, 9.17) is 32.5 Å². The Hall–Kier alpha value is -4.29. The van der Waals surface area contributed by atoms with Crippen molar-refractivity contribution in [3.63, 3.8) is 0 Å². The number of ether oxygens (including phenoxy) is 2. The Balaban J connectivity index is 2.43. The van der Waals surface area contributed by atoms with Gasteiger partial charge in [-0.1, -0.05) is 41.9 Å². The van der Waals surface area contributed by atoms with Gasteiger partial charge in [-0.05, 0) is 23.8 Å². The van der Waals surface area contributed by atoms with Gasteiger partial charge in [-0.3, -0.25) is 9.69 Å². The van der Waals surface area contributed by atoms with Crippen molar-refractivity contribution in [3.8, 4) is 6.07 Å². The maximum atomic E-state index is 13.0. The van der Waals surface area contributed by atoms with Crippen molar-refractivity contribution in [1.29, 1.82) is 5.26 Å². The van der Waals surface area contributed by atoms with Crippen molar-refractivity contribution in [1.82, 2.24) is 0 Å². The van der Waals surface area contributed by atoms with E-state index >= 15 is 0 Å². The van der Waals surface area contributed by atoms with Crippen molar-refractivity contribution in [3.05, 3.63) is 87.3 Å². The molecule has 1 amide bonds. The van der Waals surface area contributed by atoms with Crippen molar-refractivity contribution in [2.24, 2.45) is 11.5 Å². The van der Waals surface area contributed by atoms with E-state index in [-0.39, 0.29) is 38.9 Å². The summed E-state index contributed by atoms with van der Waals surface area (Å²) in [6.45, 7) is 0. The predicted molar refractivity (Wildman–Crippen MR) is 120 cm³/mol. The van der Waals surface area contributed by atoms with Crippen LogP contribution in [-0.2, 0) is 19.1 Å². The van der Waals surface area contributed by atoms with Crippen LogP contribution in [0.3, 0.4) is 0 Å². The summed E-state index contributed by atoms with van der Waals surface area (Å²) in [5.74, 6) is -3.74. The van der Waals surface area contributed by atoms with Crippen molar-refractivity contribution in [2.45, 2.75) is 5.92 Å². The predicted octanol–water partition coefficient (Wildman–Crippen LogP) is 2.34.